The van der Waals surface area contributed by atoms with Gasteiger partial charge >= 0.3 is 0 Å². The number of hydrogen-bond acceptors (Lipinski definition) is 4. The second-order valence-corrected chi connectivity index (χ2v) is 6.12. The average Bonchev–Trinajstić information content (AvgIpc) is 2.38. The van der Waals surface area contributed by atoms with E-state index in [9.17, 15) is 0 Å². The Bertz CT molecular complexity index is 363. The van der Waals surface area contributed by atoms with Crippen molar-refractivity contribution in [3.63, 3.8) is 0 Å². The molecule has 0 aliphatic heterocycles. The van der Waals surface area contributed by atoms with Gasteiger partial charge in [0.25, 0.3) is 0 Å². The van der Waals surface area contributed by atoms with E-state index < -0.39 is 0 Å². The third-order valence-corrected chi connectivity index (χ3v) is 4.56. The molecule has 0 spiro atoms. The fourth-order valence-corrected chi connectivity index (χ4v) is 3.20. The van der Waals surface area contributed by atoms with E-state index in [-0.39, 0.29) is 0 Å². The normalized spacial score (nSPS) is 12.4. The Balaban J connectivity index is 2.55. The third kappa shape index (κ3) is 5.18. The Morgan fingerprint density at radius 1 is 1.50 bits per heavy atom. The molecule has 0 bridgehead atoms. The summed E-state index contributed by atoms with van der Waals surface area (Å²) >= 11 is 5.44. The molecule has 0 aromatic heterocycles. The number of nitrogens with two attached hydrogens (primary N) is 1. The molecule has 3 nitrogen and oxygen atoms in total. The zero-order chi connectivity index (χ0) is 13.4. The van der Waals surface area contributed by atoms with E-state index in [2.05, 4.69) is 40.4 Å². The number of benzene rings is 1. The SMILES string of the molecule is CCCSCC(Cc1ccc(OC)c(Br)c1)NN. The number of ether oxygens (including phenoxy) is 1. The number of methoxy groups -OCH3 is 1. The minimum atomic E-state index is 0.307. The van der Waals surface area contributed by atoms with Crippen LogP contribution in [-0.2, 0) is 6.42 Å². The molecule has 1 rings (SSSR count). The first-order chi connectivity index (χ1) is 8.71. The van der Waals surface area contributed by atoms with E-state index in [0.29, 0.717) is 6.04 Å². The van der Waals surface area contributed by atoms with E-state index in [1.54, 1.807) is 7.11 Å². The van der Waals surface area contributed by atoms with Crippen molar-refractivity contribution in [3.8, 4) is 5.75 Å². The quantitative estimate of drug-likeness (QED) is 0.436. The summed E-state index contributed by atoms with van der Waals surface area (Å²) in [7, 11) is 1.67. The molecule has 1 aromatic carbocycles. The van der Waals surface area contributed by atoms with Crippen molar-refractivity contribution in [2.24, 2.45) is 5.84 Å². The molecule has 0 radical (unpaired) electrons. The maximum absolute atomic E-state index is 5.60. The molecular formula is C13H21BrN2OS. The maximum Gasteiger partial charge on any atom is 0.133 e. The van der Waals surface area contributed by atoms with Crippen LogP contribution in [0.25, 0.3) is 0 Å². The highest BCUT2D eigenvalue weighted by atomic mass is 79.9. The largest absolute Gasteiger partial charge is 0.496 e. The second-order valence-electron chi connectivity index (χ2n) is 4.11. The van der Waals surface area contributed by atoms with Gasteiger partial charge in [0.1, 0.15) is 5.75 Å². The minimum absolute atomic E-state index is 0.307. The number of rotatable bonds is 8. The van der Waals surface area contributed by atoms with Gasteiger partial charge in [-0.1, -0.05) is 13.0 Å². The standard InChI is InChI=1S/C13H21BrN2OS/c1-3-6-18-9-11(16-15)7-10-4-5-13(17-2)12(14)8-10/h4-5,8,11,16H,3,6-7,9,15H2,1-2H3. The molecule has 0 fully saturated rings. The summed E-state index contributed by atoms with van der Waals surface area (Å²) in [5.41, 5.74) is 4.14. The summed E-state index contributed by atoms with van der Waals surface area (Å²) in [6.45, 7) is 2.19. The Hall–Kier alpha value is -0.230. The van der Waals surface area contributed by atoms with Crippen LogP contribution < -0.4 is 16.0 Å². The Labute approximate surface area is 122 Å². The monoisotopic (exact) mass is 332 g/mol. The van der Waals surface area contributed by atoms with E-state index in [0.717, 1.165) is 22.4 Å². The fraction of sp³-hybridized carbons (Fsp3) is 0.538. The zero-order valence-electron chi connectivity index (χ0n) is 10.9. The second kappa shape index (κ2) is 8.80. The van der Waals surface area contributed by atoms with E-state index in [4.69, 9.17) is 10.6 Å². The van der Waals surface area contributed by atoms with Crippen LogP contribution in [-0.4, -0.2) is 24.7 Å². The molecule has 0 amide bonds. The number of nitrogens with one attached hydrogen (secondary N) is 1. The van der Waals surface area contributed by atoms with Gasteiger partial charge in [0.15, 0.2) is 0 Å². The van der Waals surface area contributed by atoms with Crippen LogP contribution in [0.15, 0.2) is 22.7 Å². The van der Waals surface area contributed by atoms with Crippen LogP contribution >= 0.6 is 27.7 Å². The van der Waals surface area contributed by atoms with Gasteiger partial charge < -0.3 is 4.74 Å². The Kier molecular flexibility index (Phi) is 7.74. The fourth-order valence-electron chi connectivity index (χ4n) is 1.66. The summed E-state index contributed by atoms with van der Waals surface area (Å²) < 4.78 is 6.21. The van der Waals surface area contributed by atoms with Gasteiger partial charge in [-0.25, -0.2) is 0 Å². The molecule has 102 valence electrons. The van der Waals surface area contributed by atoms with Crippen molar-refractivity contribution in [1.29, 1.82) is 0 Å². The van der Waals surface area contributed by atoms with Gasteiger partial charge in [-0.05, 0) is 52.2 Å². The lowest BCUT2D eigenvalue weighted by molar-refractivity contribution is 0.412. The lowest BCUT2D eigenvalue weighted by Gasteiger charge is -2.16. The highest BCUT2D eigenvalue weighted by molar-refractivity contribution is 9.10. The van der Waals surface area contributed by atoms with Crippen molar-refractivity contribution in [1.82, 2.24) is 5.43 Å². The van der Waals surface area contributed by atoms with Gasteiger partial charge in [0.05, 0.1) is 11.6 Å². The predicted octanol–water partition coefficient (Wildman–Crippen LogP) is 2.98. The molecule has 1 atom stereocenters. The van der Waals surface area contributed by atoms with E-state index >= 15 is 0 Å². The van der Waals surface area contributed by atoms with Crippen LogP contribution in [0, 0.1) is 0 Å². The van der Waals surface area contributed by atoms with Crippen LogP contribution in [0.3, 0.4) is 0 Å². The van der Waals surface area contributed by atoms with Crippen molar-refractivity contribution < 1.29 is 4.74 Å². The van der Waals surface area contributed by atoms with E-state index in [1.807, 2.05) is 17.8 Å². The number of hydrogen-bond donors (Lipinski definition) is 2. The minimum Gasteiger partial charge on any atom is -0.496 e. The highest BCUT2D eigenvalue weighted by Gasteiger charge is 2.09. The van der Waals surface area contributed by atoms with Crippen molar-refractivity contribution in [2.45, 2.75) is 25.8 Å². The topological polar surface area (TPSA) is 47.3 Å². The molecular weight excluding hydrogens is 312 g/mol. The van der Waals surface area contributed by atoms with Gasteiger partial charge in [0.2, 0.25) is 0 Å². The maximum atomic E-state index is 5.60. The highest BCUT2D eigenvalue weighted by Crippen LogP contribution is 2.26. The molecule has 0 aliphatic rings. The summed E-state index contributed by atoms with van der Waals surface area (Å²) in [4.78, 5) is 0. The summed E-state index contributed by atoms with van der Waals surface area (Å²) in [6.07, 6.45) is 2.13. The van der Waals surface area contributed by atoms with Crippen molar-refractivity contribution in [3.05, 3.63) is 28.2 Å². The van der Waals surface area contributed by atoms with Gasteiger partial charge in [-0.2, -0.15) is 11.8 Å². The molecule has 1 unspecified atom stereocenters. The molecule has 0 aliphatic carbocycles. The van der Waals surface area contributed by atoms with E-state index in [1.165, 1.54) is 17.7 Å². The average molecular weight is 333 g/mol. The summed E-state index contributed by atoms with van der Waals surface area (Å²) in [5, 5.41) is 0. The molecule has 18 heavy (non-hydrogen) atoms. The Morgan fingerprint density at radius 3 is 2.83 bits per heavy atom. The predicted molar refractivity (Wildman–Crippen MR) is 83.1 cm³/mol. The zero-order valence-corrected chi connectivity index (χ0v) is 13.3. The molecule has 0 saturated carbocycles. The lowest BCUT2D eigenvalue weighted by atomic mass is 10.1. The summed E-state index contributed by atoms with van der Waals surface area (Å²) in [6, 6.07) is 6.46. The van der Waals surface area contributed by atoms with Crippen LogP contribution in [0.4, 0.5) is 0 Å². The van der Waals surface area contributed by atoms with Crippen LogP contribution in [0.1, 0.15) is 18.9 Å². The van der Waals surface area contributed by atoms with Gasteiger partial charge in [-0.15, -0.1) is 0 Å². The first-order valence-corrected chi connectivity index (χ1v) is 8.02. The molecule has 0 heterocycles. The van der Waals surface area contributed by atoms with Crippen LogP contribution in [0.5, 0.6) is 5.75 Å². The summed E-state index contributed by atoms with van der Waals surface area (Å²) in [5.74, 6) is 8.68. The smallest absolute Gasteiger partial charge is 0.133 e. The lowest BCUT2D eigenvalue weighted by Crippen LogP contribution is -2.38. The van der Waals surface area contributed by atoms with Gasteiger partial charge in [-0.3, -0.25) is 11.3 Å². The van der Waals surface area contributed by atoms with Crippen LogP contribution in [0.2, 0.25) is 0 Å². The Morgan fingerprint density at radius 2 is 2.28 bits per heavy atom. The number of thioether (sulfide) groups is 1. The number of hydrazine groups is 1. The van der Waals surface area contributed by atoms with Crippen molar-refractivity contribution in [2.75, 3.05) is 18.6 Å². The van der Waals surface area contributed by atoms with Crippen molar-refractivity contribution >= 4 is 27.7 Å². The van der Waals surface area contributed by atoms with Gasteiger partial charge in [0, 0.05) is 11.8 Å². The first-order valence-electron chi connectivity index (χ1n) is 6.07. The third-order valence-electron chi connectivity index (χ3n) is 2.60. The number of halogens is 1. The molecule has 0 saturated heterocycles. The molecule has 5 heteroatoms. The molecule has 3 N–H and O–H groups in total. The molecule has 1 aromatic rings. The first kappa shape index (κ1) is 15.8.